The van der Waals surface area contributed by atoms with E-state index in [9.17, 15) is 4.79 Å². The number of nitrogens with one attached hydrogen (secondary N) is 1. The molecule has 154 valence electrons. The van der Waals surface area contributed by atoms with Gasteiger partial charge in [0.2, 0.25) is 5.91 Å². The van der Waals surface area contributed by atoms with Crippen molar-refractivity contribution in [3.05, 3.63) is 64.1 Å². The van der Waals surface area contributed by atoms with Gasteiger partial charge in [-0.3, -0.25) is 9.80 Å². The van der Waals surface area contributed by atoms with E-state index in [0.717, 1.165) is 34.9 Å². The number of halogens is 2. The third kappa shape index (κ3) is 5.91. The Labute approximate surface area is 186 Å². The molecule has 0 saturated heterocycles. The first kappa shape index (κ1) is 22.0. The van der Waals surface area contributed by atoms with E-state index in [2.05, 4.69) is 19.2 Å². The summed E-state index contributed by atoms with van der Waals surface area (Å²) in [4.78, 5) is 12.5. The number of nitrogens with zero attached hydrogens (tertiary/aromatic N) is 2. The monoisotopic (exact) mass is 449 g/mol. The first-order valence-corrected chi connectivity index (χ1v) is 11.5. The minimum absolute atomic E-state index is 0.0984. The number of carbonyl (C=O) groups excluding carboxylic acids is 1. The van der Waals surface area contributed by atoms with Gasteiger partial charge < -0.3 is 5.32 Å². The normalized spacial score (nSPS) is 18.6. The van der Waals surface area contributed by atoms with E-state index in [4.69, 9.17) is 28.3 Å². The van der Waals surface area contributed by atoms with Crippen LogP contribution < -0.4 is 5.32 Å². The smallest absolute Gasteiger partial charge is 0.245 e. The number of hydrogen-bond donors (Lipinski definition) is 1. The molecular weight excluding hydrogens is 425 g/mol. The van der Waals surface area contributed by atoms with Crippen LogP contribution in [0.3, 0.4) is 0 Å². The molecule has 1 heterocycles. The first-order chi connectivity index (χ1) is 13.9. The number of rotatable bonds is 8. The van der Waals surface area contributed by atoms with Gasteiger partial charge in [-0.15, -0.1) is 0 Å². The van der Waals surface area contributed by atoms with Crippen molar-refractivity contribution in [1.29, 1.82) is 0 Å². The maximum atomic E-state index is 12.5. The lowest BCUT2D eigenvalue weighted by atomic mass is 9.80. The second-order valence-corrected chi connectivity index (χ2v) is 9.61. The average Bonchev–Trinajstić information content (AvgIpc) is 3.00. The summed E-state index contributed by atoms with van der Waals surface area (Å²) in [7, 11) is 0. The van der Waals surface area contributed by atoms with E-state index in [1.165, 1.54) is 0 Å². The van der Waals surface area contributed by atoms with Gasteiger partial charge in [0.05, 0.1) is 5.71 Å². The third-order valence-corrected chi connectivity index (χ3v) is 6.32. The molecule has 1 aliphatic heterocycles. The van der Waals surface area contributed by atoms with Gasteiger partial charge in [-0.2, -0.15) is 16.9 Å². The van der Waals surface area contributed by atoms with Crippen LogP contribution in [0.25, 0.3) is 0 Å². The summed E-state index contributed by atoms with van der Waals surface area (Å²) in [6.07, 6.45) is 1.00. The molecule has 3 rings (SSSR count). The molecule has 0 bridgehead atoms. The summed E-state index contributed by atoms with van der Waals surface area (Å²) in [6.45, 7) is 5.32. The predicted octanol–water partition coefficient (Wildman–Crippen LogP) is 5.80. The van der Waals surface area contributed by atoms with Gasteiger partial charge in [0, 0.05) is 27.7 Å². The standard InChI is InChI=1S/C22H25Cl2N3OS/c1-3-29-13-12-22(2)15-27(26-21(22)16-4-6-17(23)7-5-16)14-20(28)25-19-10-8-18(24)9-11-19/h4-11H,3,12-15H2,1-2H3,(H,25,28). The molecule has 0 radical (unpaired) electrons. The number of anilines is 1. The zero-order valence-corrected chi connectivity index (χ0v) is 18.9. The number of benzene rings is 2. The van der Waals surface area contributed by atoms with Crippen molar-refractivity contribution in [3.8, 4) is 0 Å². The van der Waals surface area contributed by atoms with Crippen LogP contribution in [0.2, 0.25) is 10.0 Å². The maximum absolute atomic E-state index is 12.5. The third-order valence-electron chi connectivity index (χ3n) is 4.92. The van der Waals surface area contributed by atoms with Crippen molar-refractivity contribution in [3.63, 3.8) is 0 Å². The van der Waals surface area contributed by atoms with Crippen molar-refractivity contribution in [2.24, 2.45) is 10.5 Å². The van der Waals surface area contributed by atoms with Crippen LogP contribution in [-0.2, 0) is 4.79 Å². The molecule has 0 saturated carbocycles. The van der Waals surface area contributed by atoms with Gasteiger partial charge in [0.25, 0.3) is 0 Å². The summed E-state index contributed by atoms with van der Waals surface area (Å²) >= 11 is 13.9. The molecule has 2 aromatic rings. The van der Waals surface area contributed by atoms with E-state index in [1.54, 1.807) is 24.3 Å². The highest BCUT2D eigenvalue weighted by molar-refractivity contribution is 7.99. The summed E-state index contributed by atoms with van der Waals surface area (Å²) in [5.41, 5.74) is 2.68. The Morgan fingerprint density at radius 2 is 1.76 bits per heavy atom. The Kier molecular flexibility index (Phi) is 7.49. The molecule has 29 heavy (non-hydrogen) atoms. The van der Waals surface area contributed by atoms with Crippen molar-refractivity contribution >= 4 is 52.3 Å². The molecule has 1 unspecified atom stereocenters. The maximum Gasteiger partial charge on any atom is 0.245 e. The largest absolute Gasteiger partial charge is 0.324 e. The first-order valence-electron chi connectivity index (χ1n) is 9.63. The van der Waals surface area contributed by atoms with Gasteiger partial charge >= 0.3 is 0 Å². The minimum Gasteiger partial charge on any atom is -0.324 e. The average molecular weight is 450 g/mol. The molecule has 4 nitrogen and oxygen atoms in total. The quantitative estimate of drug-likeness (QED) is 0.517. The van der Waals surface area contributed by atoms with Gasteiger partial charge in [0.15, 0.2) is 0 Å². The number of amides is 1. The molecule has 0 aromatic heterocycles. The fourth-order valence-electron chi connectivity index (χ4n) is 3.42. The van der Waals surface area contributed by atoms with E-state index < -0.39 is 0 Å². The molecule has 1 amide bonds. The minimum atomic E-state index is -0.115. The van der Waals surface area contributed by atoms with E-state index in [-0.39, 0.29) is 17.9 Å². The Morgan fingerprint density at radius 3 is 2.38 bits per heavy atom. The van der Waals surface area contributed by atoms with Crippen molar-refractivity contribution in [2.45, 2.75) is 20.3 Å². The van der Waals surface area contributed by atoms with Crippen LogP contribution in [0.5, 0.6) is 0 Å². The van der Waals surface area contributed by atoms with Crippen molar-refractivity contribution < 1.29 is 4.79 Å². The van der Waals surface area contributed by atoms with E-state index in [0.29, 0.717) is 16.6 Å². The molecule has 1 N–H and O–H groups in total. The van der Waals surface area contributed by atoms with E-state index in [1.807, 2.05) is 41.0 Å². The molecule has 0 aliphatic carbocycles. The van der Waals surface area contributed by atoms with Crippen LogP contribution in [0.4, 0.5) is 5.69 Å². The fraction of sp³-hybridized carbons (Fsp3) is 0.364. The van der Waals surface area contributed by atoms with Gasteiger partial charge in [0.1, 0.15) is 6.54 Å². The number of thioether (sulfide) groups is 1. The predicted molar refractivity (Wildman–Crippen MR) is 125 cm³/mol. The Balaban J connectivity index is 1.73. The number of carbonyl (C=O) groups is 1. The van der Waals surface area contributed by atoms with Crippen LogP contribution in [0, 0.1) is 5.41 Å². The molecule has 7 heteroatoms. The fourth-order valence-corrected chi connectivity index (χ4v) is 4.55. The topological polar surface area (TPSA) is 44.7 Å². The Hall–Kier alpha value is -1.69. The Bertz CT molecular complexity index is 871. The highest BCUT2D eigenvalue weighted by Crippen LogP contribution is 2.35. The van der Waals surface area contributed by atoms with Crippen LogP contribution >= 0.6 is 35.0 Å². The highest BCUT2D eigenvalue weighted by Gasteiger charge is 2.39. The summed E-state index contributed by atoms with van der Waals surface area (Å²) in [5.74, 6) is 2.06. The van der Waals surface area contributed by atoms with Crippen LogP contribution in [0.1, 0.15) is 25.8 Å². The van der Waals surface area contributed by atoms with Gasteiger partial charge in [-0.05, 0) is 59.9 Å². The number of hydrazone groups is 1. The van der Waals surface area contributed by atoms with Crippen LogP contribution in [0.15, 0.2) is 53.6 Å². The van der Waals surface area contributed by atoms with Crippen LogP contribution in [-0.4, -0.2) is 41.2 Å². The lowest BCUT2D eigenvalue weighted by Crippen LogP contribution is -2.35. The lowest BCUT2D eigenvalue weighted by molar-refractivity contribution is -0.117. The molecule has 1 aliphatic rings. The molecule has 0 fully saturated rings. The molecule has 1 atom stereocenters. The zero-order valence-electron chi connectivity index (χ0n) is 16.6. The second kappa shape index (κ2) is 9.88. The second-order valence-electron chi connectivity index (χ2n) is 7.34. The molecule has 0 spiro atoms. The highest BCUT2D eigenvalue weighted by atomic mass is 35.5. The van der Waals surface area contributed by atoms with Crippen molar-refractivity contribution in [2.75, 3.05) is 29.9 Å². The number of hydrogen-bond acceptors (Lipinski definition) is 4. The summed E-state index contributed by atoms with van der Waals surface area (Å²) in [6, 6.07) is 14.9. The molecule has 2 aromatic carbocycles. The Morgan fingerprint density at radius 1 is 1.14 bits per heavy atom. The SMILES string of the molecule is CCSCCC1(C)CN(CC(=O)Nc2ccc(Cl)cc2)N=C1c1ccc(Cl)cc1. The zero-order chi connectivity index (χ0) is 20.9. The van der Waals surface area contributed by atoms with Crippen molar-refractivity contribution in [1.82, 2.24) is 5.01 Å². The molecular formula is C22H25Cl2N3OS. The van der Waals surface area contributed by atoms with Gasteiger partial charge in [-0.1, -0.05) is 49.2 Å². The lowest BCUT2D eigenvalue weighted by Gasteiger charge is -2.26. The van der Waals surface area contributed by atoms with E-state index >= 15 is 0 Å². The summed E-state index contributed by atoms with van der Waals surface area (Å²) in [5, 5.41) is 10.9. The summed E-state index contributed by atoms with van der Waals surface area (Å²) < 4.78 is 0. The van der Waals surface area contributed by atoms with Gasteiger partial charge in [-0.25, -0.2) is 0 Å².